The van der Waals surface area contributed by atoms with Gasteiger partial charge in [0.1, 0.15) is 0 Å². The monoisotopic (exact) mass is 324 g/mol. The van der Waals surface area contributed by atoms with Crippen molar-refractivity contribution in [3.63, 3.8) is 0 Å². The van der Waals surface area contributed by atoms with Crippen LogP contribution in [-0.2, 0) is 0 Å². The second kappa shape index (κ2) is 19.7. The molecule has 0 aromatic rings. The van der Waals surface area contributed by atoms with Gasteiger partial charge in [-0.25, -0.2) is 0 Å². The quantitative estimate of drug-likeness (QED) is 0.192. The van der Waals surface area contributed by atoms with Crippen molar-refractivity contribution < 1.29 is 5.11 Å². The Morgan fingerprint density at radius 3 is 1.26 bits per heavy atom. The van der Waals surface area contributed by atoms with Crippen molar-refractivity contribution in [2.75, 3.05) is 6.61 Å². The Kier molecular flexibility index (Phi) is 19.5. The lowest BCUT2D eigenvalue weighted by atomic mass is 10.0. The highest BCUT2D eigenvalue weighted by Crippen LogP contribution is 2.15. The zero-order chi connectivity index (χ0) is 17.0. The van der Waals surface area contributed by atoms with Crippen molar-refractivity contribution in [2.45, 2.75) is 122 Å². The Morgan fingerprint density at radius 1 is 0.565 bits per heavy atom. The topological polar surface area (TPSA) is 20.2 Å². The molecule has 0 aliphatic heterocycles. The van der Waals surface area contributed by atoms with Crippen LogP contribution in [0.2, 0.25) is 0 Å². The molecule has 1 heteroatoms. The van der Waals surface area contributed by atoms with Crippen LogP contribution in [0, 0.1) is 0 Å². The van der Waals surface area contributed by atoms with Gasteiger partial charge in [-0.3, -0.25) is 0 Å². The molecule has 0 aromatic heterocycles. The molecule has 1 nitrogen and oxygen atoms in total. The van der Waals surface area contributed by atoms with Crippen LogP contribution in [-0.4, -0.2) is 11.7 Å². The Bertz CT molecular complexity index is 234. The summed E-state index contributed by atoms with van der Waals surface area (Å²) in [5, 5.41) is 8.81. The molecular formula is C22H44O. The van der Waals surface area contributed by atoms with Crippen LogP contribution in [0.1, 0.15) is 122 Å². The third-order valence-electron chi connectivity index (χ3n) is 4.85. The first kappa shape index (κ1) is 22.7. The van der Waals surface area contributed by atoms with Crippen molar-refractivity contribution in [1.29, 1.82) is 0 Å². The van der Waals surface area contributed by atoms with Gasteiger partial charge in [-0.15, -0.1) is 0 Å². The maximum absolute atomic E-state index is 8.81. The standard InChI is InChI=1S/C22H44O/c1-3-4-5-6-7-8-9-10-11-12-13-14-15-16-17-18-19-22(2)20-21-23/h23H,2-21H2,1H3. The third-order valence-corrected chi connectivity index (χ3v) is 4.85. The van der Waals surface area contributed by atoms with Gasteiger partial charge in [-0.05, 0) is 19.3 Å². The highest BCUT2D eigenvalue weighted by atomic mass is 16.2. The van der Waals surface area contributed by atoms with E-state index in [1.54, 1.807) is 0 Å². The van der Waals surface area contributed by atoms with E-state index in [0.717, 1.165) is 12.8 Å². The van der Waals surface area contributed by atoms with E-state index in [9.17, 15) is 0 Å². The fourth-order valence-electron chi connectivity index (χ4n) is 3.21. The lowest BCUT2D eigenvalue weighted by molar-refractivity contribution is 0.297. The minimum absolute atomic E-state index is 0.262. The Labute approximate surface area is 147 Å². The predicted molar refractivity (Wildman–Crippen MR) is 105 cm³/mol. The van der Waals surface area contributed by atoms with Crippen LogP contribution in [0.5, 0.6) is 0 Å². The average molecular weight is 325 g/mol. The highest BCUT2D eigenvalue weighted by Gasteiger charge is 1.96. The van der Waals surface area contributed by atoms with E-state index in [1.165, 1.54) is 108 Å². The van der Waals surface area contributed by atoms with E-state index in [-0.39, 0.29) is 6.61 Å². The molecule has 138 valence electrons. The maximum Gasteiger partial charge on any atom is 0.0468 e. The molecule has 0 amide bonds. The van der Waals surface area contributed by atoms with Crippen LogP contribution >= 0.6 is 0 Å². The summed E-state index contributed by atoms with van der Waals surface area (Å²) in [6, 6.07) is 0. The lowest BCUT2D eigenvalue weighted by Crippen LogP contribution is -1.88. The normalized spacial score (nSPS) is 11.0. The summed E-state index contributed by atoms with van der Waals surface area (Å²) in [6.07, 6.45) is 24.6. The Hall–Kier alpha value is -0.300. The van der Waals surface area contributed by atoms with Gasteiger partial charge in [0.15, 0.2) is 0 Å². The van der Waals surface area contributed by atoms with Gasteiger partial charge < -0.3 is 5.11 Å². The van der Waals surface area contributed by atoms with E-state index in [2.05, 4.69) is 13.5 Å². The molecule has 0 heterocycles. The molecule has 0 radical (unpaired) electrons. The SMILES string of the molecule is C=C(CCO)CCCCCCCCCCCCCCCCCC. The molecule has 0 bridgehead atoms. The molecule has 0 saturated carbocycles. The summed E-state index contributed by atoms with van der Waals surface area (Å²) in [5.41, 5.74) is 1.22. The van der Waals surface area contributed by atoms with E-state index >= 15 is 0 Å². The van der Waals surface area contributed by atoms with Crippen molar-refractivity contribution >= 4 is 0 Å². The molecule has 0 aliphatic carbocycles. The van der Waals surface area contributed by atoms with Gasteiger partial charge in [-0.2, -0.15) is 0 Å². The number of aliphatic hydroxyl groups is 1. The molecule has 0 saturated heterocycles. The number of aliphatic hydroxyl groups excluding tert-OH is 1. The molecule has 0 rings (SSSR count). The largest absolute Gasteiger partial charge is 0.396 e. The van der Waals surface area contributed by atoms with Crippen LogP contribution in [0.25, 0.3) is 0 Å². The maximum atomic E-state index is 8.81. The van der Waals surface area contributed by atoms with Crippen molar-refractivity contribution in [3.8, 4) is 0 Å². The number of rotatable bonds is 19. The zero-order valence-electron chi connectivity index (χ0n) is 16.1. The summed E-state index contributed by atoms with van der Waals surface area (Å²) in [6.45, 7) is 6.54. The van der Waals surface area contributed by atoms with Crippen LogP contribution in [0.15, 0.2) is 12.2 Å². The highest BCUT2D eigenvalue weighted by molar-refractivity contribution is 4.93. The molecular weight excluding hydrogens is 280 g/mol. The molecule has 0 fully saturated rings. The second-order valence-corrected chi connectivity index (χ2v) is 7.28. The minimum Gasteiger partial charge on any atom is -0.396 e. The summed E-state index contributed by atoms with van der Waals surface area (Å²) >= 11 is 0. The first-order chi connectivity index (χ1) is 11.3. The Morgan fingerprint density at radius 2 is 0.913 bits per heavy atom. The first-order valence-corrected chi connectivity index (χ1v) is 10.6. The molecule has 1 N–H and O–H groups in total. The molecule has 0 aromatic carbocycles. The summed E-state index contributed by atoms with van der Waals surface area (Å²) in [4.78, 5) is 0. The minimum atomic E-state index is 0.262. The lowest BCUT2D eigenvalue weighted by Gasteiger charge is -2.04. The van der Waals surface area contributed by atoms with Crippen LogP contribution < -0.4 is 0 Å². The number of hydrogen-bond acceptors (Lipinski definition) is 1. The fraction of sp³-hybridized carbons (Fsp3) is 0.909. The predicted octanol–water partition coefficient (Wildman–Crippen LogP) is 7.58. The summed E-state index contributed by atoms with van der Waals surface area (Å²) in [5.74, 6) is 0. The van der Waals surface area contributed by atoms with Crippen LogP contribution in [0.4, 0.5) is 0 Å². The molecule has 0 unspecified atom stereocenters. The number of hydrogen-bond donors (Lipinski definition) is 1. The zero-order valence-corrected chi connectivity index (χ0v) is 16.1. The van der Waals surface area contributed by atoms with E-state index in [4.69, 9.17) is 5.11 Å². The van der Waals surface area contributed by atoms with Gasteiger partial charge in [0.2, 0.25) is 0 Å². The molecule has 0 atom stereocenters. The second-order valence-electron chi connectivity index (χ2n) is 7.28. The first-order valence-electron chi connectivity index (χ1n) is 10.6. The summed E-state index contributed by atoms with van der Waals surface area (Å²) < 4.78 is 0. The van der Waals surface area contributed by atoms with E-state index in [1.807, 2.05) is 0 Å². The smallest absolute Gasteiger partial charge is 0.0468 e. The molecule has 23 heavy (non-hydrogen) atoms. The van der Waals surface area contributed by atoms with Gasteiger partial charge >= 0.3 is 0 Å². The van der Waals surface area contributed by atoms with Crippen molar-refractivity contribution in [3.05, 3.63) is 12.2 Å². The van der Waals surface area contributed by atoms with Gasteiger partial charge in [0, 0.05) is 6.61 Å². The van der Waals surface area contributed by atoms with Gasteiger partial charge in [0.25, 0.3) is 0 Å². The van der Waals surface area contributed by atoms with Gasteiger partial charge in [0.05, 0.1) is 0 Å². The van der Waals surface area contributed by atoms with Crippen LogP contribution in [0.3, 0.4) is 0 Å². The molecule has 0 spiro atoms. The van der Waals surface area contributed by atoms with E-state index in [0.29, 0.717) is 0 Å². The van der Waals surface area contributed by atoms with Crippen molar-refractivity contribution in [1.82, 2.24) is 0 Å². The Balaban J connectivity index is 3.01. The molecule has 0 aliphatic rings. The average Bonchev–Trinajstić information content (AvgIpc) is 2.54. The van der Waals surface area contributed by atoms with E-state index < -0.39 is 0 Å². The number of unbranched alkanes of at least 4 members (excludes halogenated alkanes) is 15. The fourth-order valence-corrected chi connectivity index (χ4v) is 3.21. The van der Waals surface area contributed by atoms with Crippen molar-refractivity contribution in [2.24, 2.45) is 0 Å². The summed E-state index contributed by atoms with van der Waals surface area (Å²) in [7, 11) is 0. The third kappa shape index (κ3) is 19.7. The van der Waals surface area contributed by atoms with Gasteiger partial charge in [-0.1, -0.05) is 115 Å².